The predicted octanol–water partition coefficient (Wildman–Crippen LogP) is 4.43. The fourth-order valence-electron chi connectivity index (χ4n) is 1.83. The Hall–Kier alpha value is -0.620. The van der Waals surface area contributed by atoms with Crippen molar-refractivity contribution in [1.29, 1.82) is 0 Å². The summed E-state index contributed by atoms with van der Waals surface area (Å²) in [6, 6.07) is 7.78. The highest BCUT2D eigenvalue weighted by atomic mass is 79.9. The number of thiophene rings is 1. The molecule has 0 aliphatic carbocycles. The second kappa shape index (κ2) is 6.22. The van der Waals surface area contributed by atoms with Crippen molar-refractivity contribution in [3.63, 3.8) is 0 Å². The molecule has 100 valence electrons. The van der Waals surface area contributed by atoms with E-state index in [0.29, 0.717) is 10.0 Å². The van der Waals surface area contributed by atoms with Gasteiger partial charge in [0.15, 0.2) is 0 Å². The summed E-state index contributed by atoms with van der Waals surface area (Å²) in [7, 11) is 2.00. The maximum atomic E-state index is 6.18. The highest BCUT2D eigenvalue weighted by Gasteiger charge is 2.14. The number of thiocarbonyl (C=S) groups is 1. The Morgan fingerprint density at radius 2 is 2.26 bits per heavy atom. The van der Waals surface area contributed by atoms with Crippen LogP contribution >= 0.6 is 51.1 Å². The number of nitrogens with zero attached hydrogens (tertiary/aromatic N) is 1. The zero-order valence-corrected chi connectivity index (χ0v) is 14.2. The van der Waals surface area contributed by atoms with Gasteiger partial charge in [-0.1, -0.05) is 29.9 Å². The standard InChI is InChI=1S/C13H12BrClN2S2/c1-17(6-9-5-8(14)7-19-9)11-4-2-3-10(15)12(11)13(16)18/h2-5,7H,6H2,1H3,(H2,16,18). The molecular weight excluding hydrogens is 364 g/mol. The molecule has 0 saturated heterocycles. The van der Waals surface area contributed by atoms with Gasteiger partial charge in [0.1, 0.15) is 4.99 Å². The fraction of sp³-hybridized carbons (Fsp3) is 0.154. The van der Waals surface area contributed by atoms with E-state index in [1.54, 1.807) is 17.4 Å². The van der Waals surface area contributed by atoms with Crippen LogP contribution in [0.3, 0.4) is 0 Å². The van der Waals surface area contributed by atoms with Crippen LogP contribution in [-0.4, -0.2) is 12.0 Å². The summed E-state index contributed by atoms with van der Waals surface area (Å²) >= 11 is 16.4. The molecule has 0 atom stereocenters. The second-order valence-electron chi connectivity index (χ2n) is 4.09. The SMILES string of the molecule is CN(Cc1cc(Br)cs1)c1cccc(Cl)c1C(N)=S. The molecule has 0 spiro atoms. The van der Waals surface area contributed by atoms with Gasteiger partial charge in [0.05, 0.1) is 17.1 Å². The molecule has 1 aromatic carbocycles. The van der Waals surface area contributed by atoms with Crippen LogP contribution < -0.4 is 10.6 Å². The van der Waals surface area contributed by atoms with Gasteiger partial charge >= 0.3 is 0 Å². The first-order valence-corrected chi connectivity index (χ1v) is 7.97. The molecule has 19 heavy (non-hydrogen) atoms. The number of anilines is 1. The van der Waals surface area contributed by atoms with Crippen molar-refractivity contribution in [1.82, 2.24) is 0 Å². The van der Waals surface area contributed by atoms with Crippen LogP contribution in [0.1, 0.15) is 10.4 Å². The largest absolute Gasteiger partial charge is 0.389 e. The summed E-state index contributed by atoms with van der Waals surface area (Å²) in [5.41, 5.74) is 7.45. The Labute approximate surface area is 135 Å². The van der Waals surface area contributed by atoms with Crippen molar-refractivity contribution in [2.24, 2.45) is 5.73 Å². The van der Waals surface area contributed by atoms with Crippen LogP contribution in [0.2, 0.25) is 5.02 Å². The van der Waals surface area contributed by atoms with Crippen molar-refractivity contribution >= 4 is 61.8 Å². The van der Waals surface area contributed by atoms with Crippen LogP contribution in [0.25, 0.3) is 0 Å². The molecule has 0 bridgehead atoms. The minimum Gasteiger partial charge on any atom is -0.389 e. The Bertz CT molecular complexity index is 612. The summed E-state index contributed by atoms with van der Waals surface area (Å²) in [6.07, 6.45) is 0. The first kappa shape index (κ1) is 14.8. The molecule has 1 aromatic heterocycles. The molecule has 0 radical (unpaired) electrons. The van der Waals surface area contributed by atoms with Gasteiger partial charge in [0.2, 0.25) is 0 Å². The molecule has 0 amide bonds. The molecule has 0 aliphatic heterocycles. The smallest absolute Gasteiger partial charge is 0.107 e. The van der Waals surface area contributed by atoms with E-state index in [4.69, 9.17) is 29.6 Å². The zero-order chi connectivity index (χ0) is 14.0. The molecule has 6 heteroatoms. The van der Waals surface area contributed by atoms with E-state index >= 15 is 0 Å². The molecule has 2 aromatic rings. The first-order valence-electron chi connectivity index (χ1n) is 5.51. The molecule has 0 unspecified atom stereocenters. The van der Waals surface area contributed by atoms with Gasteiger partial charge in [-0.15, -0.1) is 11.3 Å². The number of nitrogens with two attached hydrogens (primary N) is 1. The van der Waals surface area contributed by atoms with Crippen molar-refractivity contribution < 1.29 is 0 Å². The number of rotatable bonds is 4. The van der Waals surface area contributed by atoms with E-state index in [0.717, 1.165) is 22.3 Å². The number of hydrogen-bond acceptors (Lipinski definition) is 3. The lowest BCUT2D eigenvalue weighted by atomic mass is 10.1. The number of halogens is 2. The summed E-state index contributed by atoms with van der Waals surface area (Å²) in [6.45, 7) is 0.784. The van der Waals surface area contributed by atoms with Crippen molar-refractivity contribution in [2.75, 3.05) is 11.9 Å². The number of benzene rings is 1. The third-order valence-corrected chi connectivity index (χ3v) is 4.87. The van der Waals surface area contributed by atoms with E-state index < -0.39 is 0 Å². The van der Waals surface area contributed by atoms with E-state index in [1.165, 1.54) is 4.88 Å². The van der Waals surface area contributed by atoms with Crippen molar-refractivity contribution in [3.8, 4) is 0 Å². The molecule has 2 nitrogen and oxygen atoms in total. The summed E-state index contributed by atoms with van der Waals surface area (Å²) < 4.78 is 1.10. The Morgan fingerprint density at radius 3 is 2.84 bits per heavy atom. The van der Waals surface area contributed by atoms with Crippen LogP contribution in [0.5, 0.6) is 0 Å². The van der Waals surface area contributed by atoms with Crippen LogP contribution in [0.15, 0.2) is 34.1 Å². The highest BCUT2D eigenvalue weighted by molar-refractivity contribution is 9.10. The molecular formula is C13H12BrClN2S2. The molecule has 0 aliphatic rings. The molecule has 1 heterocycles. The van der Waals surface area contributed by atoms with Crippen LogP contribution in [0.4, 0.5) is 5.69 Å². The van der Waals surface area contributed by atoms with Crippen LogP contribution in [0, 0.1) is 0 Å². The van der Waals surface area contributed by atoms with Gasteiger partial charge in [-0.3, -0.25) is 0 Å². The average molecular weight is 376 g/mol. The summed E-state index contributed by atoms with van der Waals surface area (Å²) in [4.78, 5) is 3.67. The summed E-state index contributed by atoms with van der Waals surface area (Å²) in [5.74, 6) is 0. The van der Waals surface area contributed by atoms with Gasteiger partial charge in [0.25, 0.3) is 0 Å². The quantitative estimate of drug-likeness (QED) is 0.801. The van der Waals surface area contributed by atoms with E-state index in [2.05, 4.69) is 32.3 Å². The lowest BCUT2D eigenvalue weighted by molar-refractivity contribution is 0.938. The highest BCUT2D eigenvalue weighted by Crippen LogP contribution is 2.29. The van der Waals surface area contributed by atoms with Crippen molar-refractivity contribution in [2.45, 2.75) is 6.54 Å². The topological polar surface area (TPSA) is 29.3 Å². The minimum absolute atomic E-state index is 0.319. The second-order valence-corrected chi connectivity index (χ2v) is 6.84. The van der Waals surface area contributed by atoms with Gasteiger partial charge in [-0.2, -0.15) is 0 Å². The lowest BCUT2D eigenvalue weighted by Crippen LogP contribution is -2.21. The maximum absolute atomic E-state index is 6.18. The van der Waals surface area contributed by atoms with Crippen LogP contribution in [-0.2, 0) is 6.54 Å². The average Bonchev–Trinajstić information content (AvgIpc) is 2.73. The molecule has 0 saturated carbocycles. The zero-order valence-electron chi connectivity index (χ0n) is 10.2. The van der Waals surface area contributed by atoms with E-state index in [-0.39, 0.29) is 0 Å². The van der Waals surface area contributed by atoms with Crippen molar-refractivity contribution in [3.05, 3.63) is 49.6 Å². The predicted molar refractivity (Wildman–Crippen MR) is 91.5 cm³/mol. The minimum atomic E-state index is 0.319. The Balaban J connectivity index is 2.31. The van der Waals surface area contributed by atoms with E-state index in [9.17, 15) is 0 Å². The summed E-state index contributed by atoms with van der Waals surface area (Å²) in [5, 5.41) is 2.65. The Kier molecular flexibility index (Phi) is 4.84. The third-order valence-electron chi connectivity index (χ3n) is 2.66. The lowest BCUT2D eigenvalue weighted by Gasteiger charge is -2.22. The molecule has 0 fully saturated rings. The monoisotopic (exact) mass is 374 g/mol. The molecule has 2 N–H and O–H groups in total. The normalized spacial score (nSPS) is 10.5. The maximum Gasteiger partial charge on any atom is 0.107 e. The van der Waals surface area contributed by atoms with Gasteiger partial charge in [-0.05, 0) is 34.1 Å². The van der Waals surface area contributed by atoms with Gasteiger partial charge in [-0.25, -0.2) is 0 Å². The third kappa shape index (κ3) is 3.48. The van der Waals surface area contributed by atoms with Gasteiger partial charge < -0.3 is 10.6 Å². The Morgan fingerprint density at radius 1 is 1.53 bits per heavy atom. The van der Waals surface area contributed by atoms with Gasteiger partial charge in [0, 0.05) is 27.5 Å². The first-order chi connectivity index (χ1) is 8.99. The fourth-order valence-corrected chi connectivity index (χ4v) is 3.88. The number of hydrogen-bond donors (Lipinski definition) is 1. The molecule has 2 rings (SSSR count). The van der Waals surface area contributed by atoms with E-state index in [1.807, 2.05) is 19.2 Å².